The molecule has 1 fully saturated rings. The lowest BCUT2D eigenvalue weighted by Gasteiger charge is -2.15. The van der Waals surface area contributed by atoms with Gasteiger partial charge in [0, 0.05) is 6.04 Å². The summed E-state index contributed by atoms with van der Waals surface area (Å²) in [5.74, 6) is 1.72. The van der Waals surface area contributed by atoms with Crippen molar-refractivity contribution in [3.8, 4) is 5.75 Å². The van der Waals surface area contributed by atoms with Crippen molar-refractivity contribution in [2.45, 2.75) is 47.6 Å². The van der Waals surface area contributed by atoms with Crippen LogP contribution in [0.2, 0.25) is 0 Å². The molecule has 1 saturated carbocycles. The predicted molar refractivity (Wildman–Crippen MR) is 85.1 cm³/mol. The van der Waals surface area contributed by atoms with Gasteiger partial charge in [0.1, 0.15) is 5.75 Å². The zero-order valence-electron chi connectivity index (χ0n) is 13.8. The Morgan fingerprint density at radius 2 is 1.65 bits per heavy atom. The van der Waals surface area contributed by atoms with Crippen LogP contribution >= 0.6 is 0 Å². The summed E-state index contributed by atoms with van der Waals surface area (Å²) < 4.78 is 5.48. The Morgan fingerprint density at radius 1 is 1.10 bits per heavy atom. The van der Waals surface area contributed by atoms with Gasteiger partial charge in [0.05, 0.1) is 6.61 Å². The molecular weight excluding hydrogens is 246 g/mol. The molecule has 2 rings (SSSR count). The highest BCUT2D eigenvalue weighted by Crippen LogP contribution is 2.68. The van der Waals surface area contributed by atoms with Crippen molar-refractivity contribution >= 4 is 0 Å². The van der Waals surface area contributed by atoms with E-state index in [1.165, 1.54) is 5.56 Å². The Morgan fingerprint density at radius 3 is 2.10 bits per heavy atom. The highest BCUT2D eigenvalue weighted by atomic mass is 16.5. The summed E-state index contributed by atoms with van der Waals surface area (Å²) in [6.07, 6.45) is 0. The molecule has 1 aliphatic carbocycles. The van der Waals surface area contributed by atoms with E-state index in [0.29, 0.717) is 16.9 Å². The number of hydrogen-bond donors (Lipinski definition) is 1. The average molecular weight is 275 g/mol. The van der Waals surface area contributed by atoms with Gasteiger partial charge in [-0.05, 0) is 54.8 Å². The molecule has 1 atom stereocenters. The first kappa shape index (κ1) is 15.4. The molecule has 1 aromatic carbocycles. The van der Waals surface area contributed by atoms with Gasteiger partial charge >= 0.3 is 0 Å². The van der Waals surface area contributed by atoms with Gasteiger partial charge in [0.25, 0.3) is 0 Å². The molecule has 1 aromatic rings. The minimum Gasteiger partial charge on any atom is -0.494 e. The second-order valence-electron chi connectivity index (χ2n) is 7.13. The predicted octanol–water partition coefficient (Wildman–Crippen LogP) is 4.42. The number of ether oxygens (including phenoxy) is 1. The van der Waals surface area contributed by atoms with Crippen LogP contribution in [0.5, 0.6) is 5.75 Å². The lowest BCUT2D eigenvalue weighted by Crippen LogP contribution is -2.23. The van der Waals surface area contributed by atoms with E-state index in [-0.39, 0.29) is 0 Å². The molecule has 0 saturated heterocycles. The van der Waals surface area contributed by atoms with Crippen molar-refractivity contribution < 1.29 is 4.74 Å². The second kappa shape index (κ2) is 5.40. The van der Waals surface area contributed by atoms with E-state index in [9.17, 15) is 0 Å². The van der Waals surface area contributed by atoms with E-state index in [0.717, 1.165) is 24.8 Å². The third-order valence-electron chi connectivity index (χ3n) is 5.64. The zero-order valence-corrected chi connectivity index (χ0v) is 13.8. The standard InChI is InChI=1S/C18H29NO/c1-7-20-15-10-8-14(9-11-15)13(2)19-12-16-17(3,4)18(16,5)6/h8-11,13,16,19H,7,12H2,1-6H3. The van der Waals surface area contributed by atoms with Crippen molar-refractivity contribution in [2.24, 2.45) is 16.7 Å². The van der Waals surface area contributed by atoms with Crippen LogP contribution in [0.3, 0.4) is 0 Å². The Labute approximate surface area is 123 Å². The Balaban J connectivity index is 1.88. The van der Waals surface area contributed by atoms with Gasteiger partial charge in [-0.2, -0.15) is 0 Å². The Bertz CT molecular complexity index is 433. The molecule has 0 heterocycles. The van der Waals surface area contributed by atoms with Gasteiger partial charge in [0.2, 0.25) is 0 Å². The van der Waals surface area contributed by atoms with E-state index >= 15 is 0 Å². The SMILES string of the molecule is CCOc1ccc(C(C)NCC2C(C)(C)C2(C)C)cc1. The maximum atomic E-state index is 5.48. The third-order valence-corrected chi connectivity index (χ3v) is 5.64. The minimum atomic E-state index is 0.387. The van der Waals surface area contributed by atoms with E-state index in [1.54, 1.807) is 0 Å². The van der Waals surface area contributed by atoms with Crippen LogP contribution in [0.15, 0.2) is 24.3 Å². The number of nitrogens with one attached hydrogen (secondary N) is 1. The smallest absolute Gasteiger partial charge is 0.119 e. The first-order chi connectivity index (χ1) is 9.30. The second-order valence-corrected chi connectivity index (χ2v) is 7.13. The van der Waals surface area contributed by atoms with Gasteiger partial charge in [-0.1, -0.05) is 39.8 Å². The monoisotopic (exact) mass is 275 g/mol. The van der Waals surface area contributed by atoms with Gasteiger partial charge in [0.15, 0.2) is 0 Å². The van der Waals surface area contributed by atoms with Crippen molar-refractivity contribution in [1.29, 1.82) is 0 Å². The summed E-state index contributed by atoms with van der Waals surface area (Å²) >= 11 is 0. The quantitative estimate of drug-likeness (QED) is 0.830. The Hall–Kier alpha value is -1.02. The van der Waals surface area contributed by atoms with Crippen LogP contribution in [0.4, 0.5) is 0 Å². The van der Waals surface area contributed by atoms with Crippen molar-refractivity contribution in [1.82, 2.24) is 5.32 Å². The lowest BCUT2D eigenvalue weighted by atomic mass is 10.0. The van der Waals surface area contributed by atoms with E-state index in [1.807, 2.05) is 6.92 Å². The normalized spacial score (nSPS) is 21.5. The molecule has 0 aliphatic heterocycles. The molecule has 2 heteroatoms. The summed E-state index contributed by atoms with van der Waals surface area (Å²) in [5.41, 5.74) is 2.24. The molecule has 1 aliphatic rings. The summed E-state index contributed by atoms with van der Waals surface area (Å²) in [6, 6.07) is 8.82. The maximum absolute atomic E-state index is 5.48. The van der Waals surface area contributed by atoms with Crippen molar-refractivity contribution in [3.05, 3.63) is 29.8 Å². The van der Waals surface area contributed by atoms with Crippen LogP contribution in [0, 0.1) is 16.7 Å². The van der Waals surface area contributed by atoms with E-state index in [4.69, 9.17) is 4.74 Å². The fourth-order valence-electron chi connectivity index (χ4n) is 3.28. The van der Waals surface area contributed by atoms with Crippen molar-refractivity contribution in [3.63, 3.8) is 0 Å². The fraction of sp³-hybridized carbons (Fsp3) is 0.667. The molecule has 1 unspecified atom stereocenters. The highest BCUT2D eigenvalue weighted by Gasteiger charge is 2.63. The van der Waals surface area contributed by atoms with Crippen LogP contribution in [-0.2, 0) is 0 Å². The number of hydrogen-bond acceptors (Lipinski definition) is 2. The molecular formula is C18H29NO. The van der Waals surface area contributed by atoms with E-state index < -0.39 is 0 Å². The molecule has 0 radical (unpaired) electrons. The lowest BCUT2D eigenvalue weighted by molar-refractivity contribution is 0.340. The average Bonchev–Trinajstić information content (AvgIpc) is 2.78. The molecule has 0 spiro atoms. The minimum absolute atomic E-state index is 0.387. The van der Waals surface area contributed by atoms with Crippen LogP contribution in [0.25, 0.3) is 0 Å². The summed E-state index contributed by atoms with van der Waals surface area (Å²) in [6.45, 7) is 15.6. The molecule has 0 amide bonds. The summed E-state index contributed by atoms with van der Waals surface area (Å²) in [7, 11) is 0. The van der Waals surface area contributed by atoms with Gasteiger partial charge in [-0.25, -0.2) is 0 Å². The summed E-state index contributed by atoms with van der Waals surface area (Å²) in [5, 5.41) is 3.68. The molecule has 0 bridgehead atoms. The van der Waals surface area contributed by atoms with Crippen molar-refractivity contribution in [2.75, 3.05) is 13.2 Å². The van der Waals surface area contributed by atoms with Gasteiger partial charge in [-0.3, -0.25) is 0 Å². The van der Waals surface area contributed by atoms with E-state index in [2.05, 4.69) is 64.2 Å². The number of rotatable bonds is 6. The molecule has 0 aromatic heterocycles. The largest absolute Gasteiger partial charge is 0.494 e. The van der Waals surface area contributed by atoms with Crippen LogP contribution in [0.1, 0.15) is 53.1 Å². The highest BCUT2D eigenvalue weighted by molar-refractivity contribution is 5.29. The first-order valence-electron chi connectivity index (χ1n) is 7.77. The third kappa shape index (κ3) is 2.71. The fourth-order valence-corrected chi connectivity index (χ4v) is 3.28. The summed E-state index contributed by atoms with van der Waals surface area (Å²) in [4.78, 5) is 0. The first-order valence-corrected chi connectivity index (χ1v) is 7.77. The topological polar surface area (TPSA) is 21.3 Å². The number of benzene rings is 1. The Kier molecular flexibility index (Phi) is 4.15. The molecule has 1 N–H and O–H groups in total. The van der Waals surface area contributed by atoms with Crippen LogP contribution in [-0.4, -0.2) is 13.2 Å². The molecule has 2 nitrogen and oxygen atoms in total. The maximum Gasteiger partial charge on any atom is 0.119 e. The van der Waals surface area contributed by atoms with Gasteiger partial charge < -0.3 is 10.1 Å². The molecule has 20 heavy (non-hydrogen) atoms. The van der Waals surface area contributed by atoms with Gasteiger partial charge in [-0.15, -0.1) is 0 Å². The zero-order chi connectivity index (χ0) is 15.0. The van der Waals surface area contributed by atoms with Crippen LogP contribution < -0.4 is 10.1 Å². The molecule has 112 valence electrons.